The Kier molecular flexibility index (Phi) is 5.06. The van der Waals surface area contributed by atoms with Crippen LogP contribution in [0.2, 0.25) is 0 Å². The third-order valence-electron chi connectivity index (χ3n) is 7.41. The Morgan fingerprint density at radius 1 is 1.09 bits per heavy atom. The predicted molar refractivity (Wildman–Crippen MR) is 124 cm³/mol. The Labute approximate surface area is 193 Å². The van der Waals surface area contributed by atoms with Gasteiger partial charge < -0.3 is 20.1 Å². The molecule has 33 heavy (non-hydrogen) atoms. The number of ether oxygens (including phenoxy) is 1. The van der Waals surface area contributed by atoms with Crippen LogP contribution in [0.25, 0.3) is 5.69 Å². The average Bonchev–Trinajstić information content (AvgIpc) is 3.59. The van der Waals surface area contributed by atoms with E-state index in [0.29, 0.717) is 30.7 Å². The molecule has 2 N–H and O–H groups in total. The average molecular weight is 445 g/mol. The number of aromatic nitrogens is 2. The number of amides is 1. The predicted octanol–water partition coefficient (Wildman–Crippen LogP) is 2.92. The molecule has 1 amide bonds. The summed E-state index contributed by atoms with van der Waals surface area (Å²) in [5.41, 5.74) is 3.13. The fourth-order valence-electron chi connectivity index (χ4n) is 5.71. The summed E-state index contributed by atoms with van der Waals surface area (Å²) in [6.07, 6.45) is 5.80. The van der Waals surface area contributed by atoms with Gasteiger partial charge in [0.15, 0.2) is 6.10 Å². The molecular formula is C26H28N4O3. The van der Waals surface area contributed by atoms with Crippen molar-refractivity contribution in [1.82, 2.24) is 15.1 Å². The summed E-state index contributed by atoms with van der Waals surface area (Å²) < 4.78 is 7.94. The Morgan fingerprint density at radius 3 is 2.67 bits per heavy atom. The fourth-order valence-corrected chi connectivity index (χ4v) is 5.71. The lowest BCUT2D eigenvalue weighted by Gasteiger charge is -2.37. The number of carbonyl (C=O) groups is 1. The maximum absolute atomic E-state index is 13.2. The molecule has 7 heteroatoms. The first-order valence-corrected chi connectivity index (χ1v) is 11.7. The Morgan fingerprint density at radius 2 is 1.91 bits per heavy atom. The number of para-hydroxylation sites is 2. The first-order chi connectivity index (χ1) is 16.2. The topological polar surface area (TPSA) is 79.6 Å². The molecule has 170 valence electrons. The largest absolute Gasteiger partial charge is 0.477 e. The molecule has 6 rings (SSSR count). The smallest absolute Gasteiger partial charge is 0.263 e. The van der Waals surface area contributed by atoms with Crippen molar-refractivity contribution in [3.05, 3.63) is 72.6 Å². The van der Waals surface area contributed by atoms with Crippen molar-refractivity contribution in [3.8, 4) is 11.4 Å². The minimum Gasteiger partial charge on any atom is -0.477 e. The van der Waals surface area contributed by atoms with E-state index in [1.165, 1.54) is 0 Å². The molecule has 2 aliphatic carbocycles. The maximum atomic E-state index is 13.2. The Hall–Kier alpha value is -3.32. The molecule has 1 aromatic heterocycles. The van der Waals surface area contributed by atoms with Crippen molar-refractivity contribution < 1.29 is 14.6 Å². The molecule has 2 fully saturated rings. The highest BCUT2D eigenvalue weighted by atomic mass is 16.5. The summed E-state index contributed by atoms with van der Waals surface area (Å²) in [5.74, 6) is 1.29. The molecule has 5 atom stereocenters. The van der Waals surface area contributed by atoms with Crippen molar-refractivity contribution in [2.75, 3.05) is 11.4 Å². The molecule has 2 bridgehead atoms. The maximum Gasteiger partial charge on any atom is 0.263 e. The van der Waals surface area contributed by atoms with Gasteiger partial charge in [-0.05, 0) is 67.0 Å². The van der Waals surface area contributed by atoms with E-state index in [1.807, 2.05) is 41.2 Å². The van der Waals surface area contributed by atoms with E-state index in [2.05, 4.69) is 39.6 Å². The van der Waals surface area contributed by atoms with E-state index in [4.69, 9.17) is 4.74 Å². The lowest BCUT2D eigenvalue weighted by molar-refractivity contribution is -0.130. The number of rotatable bonds is 5. The molecule has 2 aromatic carbocycles. The number of nitrogens with one attached hydrogen (secondary N) is 1. The third kappa shape index (κ3) is 3.76. The fraction of sp³-hybridized carbons (Fsp3) is 0.385. The van der Waals surface area contributed by atoms with Crippen LogP contribution in [-0.4, -0.2) is 45.6 Å². The van der Waals surface area contributed by atoms with Crippen LogP contribution in [0.1, 0.15) is 24.8 Å². The van der Waals surface area contributed by atoms with Gasteiger partial charge in [0, 0.05) is 18.9 Å². The summed E-state index contributed by atoms with van der Waals surface area (Å²) in [6, 6.07) is 17.9. The van der Waals surface area contributed by atoms with Gasteiger partial charge in [0.25, 0.3) is 5.91 Å². The lowest BCUT2D eigenvalue weighted by atomic mass is 9.92. The molecular weight excluding hydrogens is 416 g/mol. The SMILES string of the molecule is O=C(NC1C2CCC(C2)C1O)C1CN(Cc2ccc(-n3cccn3)cc2)c2ccccc2O1. The van der Waals surface area contributed by atoms with Crippen LogP contribution in [-0.2, 0) is 11.3 Å². The first-order valence-electron chi connectivity index (χ1n) is 11.7. The number of carbonyl (C=O) groups excluding carboxylic acids is 1. The normalized spacial score (nSPS) is 27.8. The van der Waals surface area contributed by atoms with Gasteiger partial charge in [0.05, 0.1) is 30.1 Å². The van der Waals surface area contributed by atoms with Crippen LogP contribution in [0.5, 0.6) is 5.75 Å². The first kappa shape index (κ1) is 20.3. The van der Waals surface area contributed by atoms with Gasteiger partial charge in [-0.3, -0.25) is 4.79 Å². The molecule has 3 aliphatic rings. The summed E-state index contributed by atoms with van der Waals surface area (Å²) >= 11 is 0. The van der Waals surface area contributed by atoms with Crippen LogP contribution in [0, 0.1) is 11.8 Å². The second-order valence-corrected chi connectivity index (χ2v) is 9.43. The van der Waals surface area contributed by atoms with E-state index in [1.54, 1.807) is 6.20 Å². The van der Waals surface area contributed by atoms with Crippen LogP contribution in [0.15, 0.2) is 67.0 Å². The van der Waals surface area contributed by atoms with Gasteiger partial charge in [0.2, 0.25) is 0 Å². The molecule has 0 saturated heterocycles. The molecule has 2 heterocycles. The van der Waals surface area contributed by atoms with Gasteiger partial charge in [-0.15, -0.1) is 0 Å². The number of benzene rings is 2. The number of fused-ring (bicyclic) bond motifs is 3. The summed E-state index contributed by atoms with van der Waals surface area (Å²) in [6.45, 7) is 1.13. The van der Waals surface area contributed by atoms with E-state index in [0.717, 1.165) is 36.2 Å². The summed E-state index contributed by atoms with van der Waals surface area (Å²) in [5, 5.41) is 17.9. The third-order valence-corrected chi connectivity index (χ3v) is 7.41. The van der Waals surface area contributed by atoms with E-state index in [-0.39, 0.29) is 11.9 Å². The highest BCUT2D eigenvalue weighted by molar-refractivity contribution is 5.83. The number of nitrogens with zero attached hydrogens (tertiary/aromatic N) is 3. The van der Waals surface area contributed by atoms with Gasteiger partial charge in [-0.25, -0.2) is 4.68 Å². The second kappa shape index (κ2) is 8.23. The molecule has 1 aliphatic heterocycles. The molecule has 3 aromatic rings. The van der Waals surface area contributed by atoms with Crippen molar-refractivity contribution in [1.29, 1.82) is 0 Å². The number of hydrogen-bond acceptors (Lipinski definition) is 5. The Balaban J connectivity index is 1.19. The van der Waals surface area contributed by atoms with E-state index >= 15 is 0 Å². The van der Waals surface area contributed by atoms with Crippen molar-refractivity contribution >= 4 is 11.6 Å². The van der Waals surface area contributed by atoms with Gasteiger partial charge in [0.1, 0.15) is 5.75 Å². The zero-order valence-corrected chi connectivity index (χ0v) is 18.4. The van der Waals surface area contributed by atoms with Crippen LogP contribution < -0.4 is 15.0 Å². The quantitative estimate of drug-likeness (QED) is 0.633. The Bertz CT molecular complexity index is 1130. The minimum atomic E-state index is -0.616. The zero-order chi connectivity index (χ0) is 22.4. The zero-order valence-electron chi connectivity index (χ0n) is 18.4. The molecule has 7 nitrogen and oxygen atoms in total. The highest BCUT2D eigenvalue weighted by Gasteiger charge is 2.48. The minimum absolute atomic E-state index is 0.139. The van der Waals surface area contributed by atoms with Crippen LogP contribution >= 0.6 is 0 Å². The molecule has 5 unspecified atom stereocenters. The number of aliphatic hydroxyl groups is 1. The highest BCUT2D eigenvalue weighted by Crippen LogP contribution is 2.45. The number of hydrogen-bond donors (Lipinski definition) is 2. The van der Waals surface area contributed by atoms with Crippen molar-refractivity contribution in [2.24, 2.45) is 11.8 Å². The lowest BCUT2D eigenvalue weighted by Crippen LogP contribution is -2.54. The van der Waals surface area contributed by atoms with Crippen LogP contribution in [0.4, 0.5) is 5.69 Å². The molecule has 0 spiro atoms. The van der Waals surface area contributed by atoms with Crippen LogP contribution in [0.3, 0.4) is 0 Å². The molecule has 2 saturated carbocycles. The van der Waals surface area contributed by atoms with Gasteiger partial charge in [-0.1, -0.05) is 24.3 Å². The van der Waals surface area contributed by atoms with Crippen molar-refractivity contribution in [2.45, 2.75) is 44.1 Å². The van der Waals surface area contributed by atoms with Gasteiger partial charge in [-0.2, -0.15) is 5.10 Å². The standard InChI is InChI=1S/C26H28N4O3/c31-25-19-9-8-18(14-19)24(25)28-26(32)23-16-29(21-4-1-2-5-22(21)33-23)15-17-6-10-20(11-7-17)30-13-3-12-27-30/h1-7,10-13,18-19,23-25,31H,8-9,14-16H2,(H,28,32). The molecule has 0 radical (unpaired) electrons. The van der Waals surface area contributed by atoms with Gasteiger partial charge >= 0.3 is 0 Å². The monoisotopic (exact) mass is 444 g/mol. The van der Waals surface area contributed by atoms with Crippen molar-refractivity contribution in [3.63, 3.8) is 0 Å². The van der Waals surface area contributed by atoms with E-state index in [9.17, 15) is 9.90 Å². The second-order valence-electron chi connectivity index (χ2n) is 9.43. The number of aliphatic hydroxyl groups excluding tert-OH is 1. The summed E-state index contributed by atoms with van der Waals surface area (Å²) in [4.78, 5) is 15.4. The van der Waals surface area contributed by atoms with E-state index < -0.39 is 12.2 Å². The number of anilines is 1. The summed E-state index contributed by atoms with van der Waals surface area (Å²) in [7, 11) is 0.